The Bertz CT molecular complexity index is 533. The highest BCUT2D eigenvalue weighted by atomic mass is 16.5. The van der Waals surface area contributed by atoms with Gasteiger partial charge >= 0.3 is 0 Å². The van der Waals surface area contributed by atoms with Gasteiger partial charge in [0.1, 0.15) is 5.75 Å². The van der Waals surface area contributed by atoms with Crippen LogP contribution < -0.4 is 10.5 Å². The van der Waals surface area contributed by atoms with E-state index in [1.807, 2.05) is 12.1 Å². The first kappa shape index (κ1) is 10.4. The molecule has 4 heteroatoms. The third kappa shape index (κ3) is 1.91. The summed E-state index contributed by atoms with van der Waals surface area (Å²) < 4.78 is 5.49. The Kier molecular flexibility index (Phi) is 2.57. The molecule has 2 heterocycles. The Hall–Kier alpha value is -1.81. The van der Waals surface area contributed by atoms with Crippen molar-refractivity contribution in [1.82, 2.24) is 10.2 Å². The molecule has 0 bridgehead atoms. The number of hydrogen-bond acceptors (Lipinski definition) is 3. The van der Waals surface area contributed by atoms with Gasteiger partial charge in [-0.05, 0) is 36.4 Å². The molecular weight excluding hydrogens is 214 g/mol. The Morgan fingerprint density at radius 1 is 1.35 bits per heavy atom. The van der Waals surface area contributed by atoms with Crippen molar-refractivity contribution >= 4 is 0 Å². The van der Waals surface area contributed by atoms with E-state index in [-0.39, 0.29) is 0 Å². The highest BCUT2D eigenvalue weighted by Gasteiger charge is 2.13. The third-order valence-electron chi connectivity index (χ3n) is 3.03. The zero-order chi connectivity index (χ0) is 11.7. The van der Waals surface area contributed by atoms with Crippen LogP contribution >= 0.6 is 0 Å². The second kappa shape index (κ2) is 4.22. The van der Waals surface area contributed by atoms with Crippen LogP contribution in [0.4, 0.5) is 0 Å². The molecule has 3 rings (SSSR count). The molecule has 0 atom stereocenters. The van der Waals surface area contributed by atoms with E-state index >= 15 is 0 Å². The summed E-state index contributed by atoms with van der Waals surface area (Å²) >= 11 is 0. The van der Waals surface area contributed by atoms with Crippen LogP contribution in [0.25, 0.3) is 11.3 Å². The van der Waals surface area contributed by atoms with Gasteiger partial charge in [-0.25, -0.2) is 0 Å². The lowest BCUT2D eigenvalue weighted by atomic mass is 10.1. The third-order valence-corrected chi connectivity index (χ3v) is 3.03. The van der Waals surface area contributed by atoms with Gasteiger partial charge in [0, 0.05) is 24.1 Å². The molecule has 4 nitrogen and oxygen atoms in total. The topological polar surface area (TPSA) is 63.9 Å². The summed E-state index contributed by atoms with van der Waals surface area (Å²) in [5.74, 6) is 1.01. The fourth-order valence-electron chi connectivity index (χ4n) is 2.14. The van der Waals surface area contributed by atoms with Crippen molar-refractivity contribution in [1.29, 1.82) is 0 Å². The Morgan fingerprint density at radius 3 is 3.18 bits per heavy atom. The van der Waals surface area contributed by atoms with Gasteiger partial charge < -0.3 is 10.5 Å². The van der Waals surface area contributed by atoms with Gasteiger partial charge in [-0.2, -0.15) is 5.10 Å². The quantitative estimate of drug-likeness (QED) is 0.838. The molecule has 3 N–H and O–H groups in total. The number of nitrogens with one attached hydrogen (secondary N) is 1. The molecular formula is C13H15N3O. The Labute approximate surface area is 99.8 Å². The van der Waals surface area contributed by atoms with Gasteiger partial charge in [-0.1, -0.05) is 0 Å². The van der Waals surface area contributed by atoms with Crippen molar-refractivity contribution in [2.45, 2.75) is 12.8 Å². The van der Waals surface area contributed by atoms with Crippen molar-refractivity contribution in [3.63, 3.8) is 0 Å². The van der Waals surface area contributed by atoms with E-state index < -0.39 is 0 Å². The van der Waals surface area contributed by atoms with Crippen LogP contribution in [-0.4, -0.2) is 23.3 Å². The van der Waals surface area contributed by atoms with Gasteiger partial charge in [0.15, 0.2) is 0 Å². The minimum absolute atomic E-state index is 0.639. The number of fused-ring (bicyclic) bond motifs is 1. The van der Waals surface area contributed by atoms with E-state index in [2.05, 4.69) is 22.3 Å². The second-order valence-corrected chi connectivity index (χ2v) is 4.24. The SMILES string of the molecule is NCCc1cc(-c2ccc3c(c2)CCO3)n[nH]1. The summed E-state index contributed by atoms with van der Waals surface area (Å²) in [6, 6.07) is 8.29. The first-order valence-corrected chi connectivity index (χ1v) is 5.87. The number of H-pyrrole nitrogens is 1. The number of aromatic amines is 1. The average Bonchev–Trinajstić information content (AvgIpc) is 2.96. The molecule has 0 spiro atoms. The maximum absolute atomic E-state index is 5.52. The standard InChI is InChI=1S/C13H15N3O/c14-5-3-11-8-12(16-15-11)9-1-2-13-10(7-9)4-6-17-13/h1-2,7-8H,3-6,14H2,(H,15,16). The first-order chi connectivity index (χ1) is 8.36. The predicted molar refractivity (Wildman–Crippen MR) is 66.0 cm³/mol. The molecule has 1 aromatic heterocycles. The van der Waals surface area contributed by atoms with Crippen LogP contribution in [0, 0.1) is 0 Å². The monoisotopic (exact) mass is 229 g/mol. The van der Waals surface area contributed by atoms with Crippen molar-refractivity contribution < 1.29 is 4.74 Å². The van der Waals surface area contributed by atoms with Crippen molar-refractivity contribution in [2.24, 2.45) is 5.73 Å². The number of rotatable bonds is 3. The number of nitrogens with two attached hydrogens (primary N) is 1. The Morgan fingerprint density at radius 2 is 2.29 bits per heavy atom. The van der Waals surface area contributed by atoms with Gasteiger partial charge in [0.2, 0.25) is 0 Å². The molecule has 1 aliphatic rings. The highest BCUT2D eigenvalue weighted by molar-refractivity contribution is 5.62. The molecule has 0 amide bonds. The van der Waals surface area contributed by atoms with E-state index in [1.54, 1.807) is 0 Å². The largest absolute Gasteiger partial charge is 0.493 e. The highest BCUT2D eigenvalue weighted by Crippen LogP contribution is 2.29. The average molecular weight is 229 g/mol. The minimum atomic E-state index is 0.639. The van der Waals surface area contributed by atoms with Crippen molar-refractivity contribution in [3.8, 4) is 17.0 Å². The van der Waals surface area contributed by atoms with Gasteiger partial charge in [0.25, 0.3) is 0 Å². The summed E-state index contributed by atoms with van der Waals surface area (Å²) in [4.78, 5) is 0. The van der Waals surface area contributed by atoms with Gasteiger partial charge in [0.05, 0.1) is 12.3 Å². The van der Waals surface area contributed by atoms with E-state index in [0.717, 1.165) is 42.1 Å². The molecule has 0 aliphatic carbocycles. The summed E-state index contributed by atoms with van der Waals surface area (Å²) in [6.07, 6.45) is 1.82. The molecule has 0 fully saturated rings. The number of nitrogens with zero attached hydrogens (tertiary/aromatic N) is 1. The summed E-state index contributed by atoms with van der Waals surface area (Å²) in [5.41, 5.74) is 9.98. The smallest absolute Gasteiger partial charge is 0.122 e. The molecule has 1 aliphatic heterocycles. The van der Waals surface area contributed by atoms with E-state index in [9.17, 15) is 0 Å². The normalized spacial score (nSPS) is 13.5. The zero-order valence-corrected chi connectivity index (χ0v) is 9.57. The first-order valence-electron chi connectivity index (χ1n) is 5.87. The van der Waals surface area contributed by atoms with Gasteiger partial charge in [-0.3, -0.25) is 5.10 Å². The van der Waals surface area contributed by atoms with E-state index in [4.69, 9.17) is 10.5 Å². The van der Waals surface area contributed by atoms with Crippen LogP contribution in [-0.2, 0) is 12.8 Å². The summed E-state index contributed by atoms with van der Waals surface area (Å²) in [6.45, 7) is 1.43. The van der Waals surface area contributed by atoms with Crippen LogP contribution in [0.2, 0.25) is 0 Å². The van der Waals surface area contributed by atoms with Crippen LogP contribution in [0.3, 0.4) is 0 Å². The number of benzene rings is 1. The van der Waals surface area contributed by atoms with Crippen molar-refractivity contribution in [2.75, 3.05) is 13.2 Å². The predicted octanol–water partition coefficient (Wildman–Crippen LogP) is 1.51. The molecule has 0 saturated heterocycles. The number of hydrogen-bond donors (Lipinski definition) is 2. The summed E-state index contributed by atoms with van der Waals surface area (Å²) in [7, 11) is 0. The minimum Gasteiger partial charge on any atom is -0.493 e. The lowest BCUT2D eigenvalue weighted by Crippen LogP contribution is -2.02. The number of aromatic nitrogens is 2. The number of ether oxygens (including phenoxy) is 1. The zero-order valence-electron chi connectivity index (χ0n) is 9.57. The Balaban J connectivity index is 1.92. The fraction of sp³-hybridized carbons (Fsp3) is 0.308. The van der Waals surface area contributed by atoms with E-state index in [0.29, 0.717) is 6.54 Å². The van der Waals surface area contributed by atoms with Gasteiger partial charge in [-0.15, -0.1) is 0 Å². The van der Waals surface area contributed by atoms with Crippen LogP contribution in [0.15, 0.2) is 24.3 Å². The van der Waals surface area contributed by atoms with E-state index in [1.165, 1.54) is 5.56 Å². The molecule has 2 aromatic rings. The molecule has 0 radical (unpaired) electrons. The lowest BCUT2D eigenvalue weighted by molar-refractivity contribution is 0.357. The fourth-order valence-corrected chi connectivity index (χ4v) is 2.14. The molecule has 1 aromatic carbocycles. The van der Waals surface area contributed by atoms with Crippen LogP contribution in [0.1, 0.15) is 11.3 Å². The molecule has 17 heavy (non-hydrogen) atoms. The second-order valence-electron chi connectivity index (χ2n) is 4.24. The maximum Gasteiger partial charge on any atom is 0.122 e. The van der Waals surface area contributed by atoms with Crippen molar-refractivity contribution in [3.05, 3.63) is 35.5 Å². The summed E-state index contributed by atoms with van der Waals surface area (Å²) in [5, 5.41) is 7.32. The van der Waals surface area contributed by atoms with Crippen LogP contribution in [0.5, 0.6) is 5.75 Å². The lowest BCUT2D eigenvalue weighted by Gasteiger charge is -2.00. The molecule has 0 unspecified atom stereocenters. The molecule has 0 saturated carbocycles. The maximum atomic E-state index is 5.52. The molecule has 88 valence electrons.